The zero-order valence-electron chi connectivity index (χ0n) is 16.3. The summed E-state index contributed by atoms with van der Waals surface area (Å²) in [4.78, 5) is 27.7. The highest BCUT2D eigenvalue weighted by Crippen LogP contribution is 2.22. The van der Waals surface area contributed by atoms with Gasteiger partial charge in [0.1, 0.15) is 6.54 Å². The zero-order valence-corrected chi connectivity index (χ0v) is 17.1. The molecule has 0 fully saturated rings. The van der Waals surface area contributed by atoms with Crippen LogP contribution in [0.2, 0.25) is 0 Å². The SMILES string of the molecule is CCOC(=N)[N+](CC)(C(=O)NSc1ccc(C(C)C)cc1)C(=O)N(C)C. The van der Waals surface area contributed by atoms with Crippen LogP contribution in [0.3, 0.4) is 0 Å². The second kappa shape index (κ2) is 9.59. The Balaban J connectivity index is 3.01. The number of carbonyl (C=O) groups excluding carboxylic acids is 2. The van der Waals surface area contributed by atoms with E-state index in [4.69, 9.17) is 10.1 Å². The number of rotatable bonds is 5. The van der Waals surface area contributed by atoms with Crippen molar-refractivity contribution < 1.29 is 18.8 Å². The Hall–Kier alpha value is -2.06. The first-order valence-corrected chi connectivity index (χ1v) is 9.41. The third-order valence-corrected chi connectivity index (χ3v) is 4.75. The average molecular weight is 382 g/mol. The number of urea groups is 2. The van der Waals surface area contributed by atoms with Gasteiger partial charge in [-0.25, -0.2) is 19.7 Å². The molecule has 7 nitrogen and oxygen atoms in total. The smallest absolute Gasteiger partial charge is 0.436 e. The Morgan fingerprint density at radius 3 is 2.23 bits per heavy atom. The summed E-state index contributed by atoms with van der Waals surface area (Å²) >= 11 is 1.12. The van der Waals surface area contributed by atoms with Gasteiger partial charge in [-0.2, -0.15) is 0 Å². The van der Waals surface area contributed by atoms with Crippen LogP contribution in [-0.4, -0.2) is 54.7 Å². The first-order chi connectivity index (χ1) is 12.2. The number of quaternary nitrogens is 1. The highest BCUT2D eigenvalue weighted by molar-refractivity contribution is 7.98. The van der Waals surface area contributed by atoms with Crippen molar-refractivity contribution >= 4 is 30.0 Å². The summed E-state index contributed by atoms with van der Waals surface area (Å²) in [6.07, 6.45) is 0. The molecule has 0 aromatic heterocycles. The van der Waals surface area contributed by atoms with Crippen molar-refractivity contribution in [3.05, 3.63) is 29.8 Å². The fourth-order valence-electron chi connectivity index (χ4n) is 2.38. The van der Waals surface area contributed by atoms with Crippen LogP contribution in [0.4, 0.5) is 9.59 Å². The topological polar surface area (TPSA) is 82.5 Å². The number of hydrogen-bond donors (Lipinski definition) is 2. The van der Waals surface area contributed by atoms with Crippen molar-refractivity contribution in [2.45, 2.75) is 38.5 Å². The molecule has 0 heterocycles. The minimum Gasteiger partial charge on any atom is -0.436 e. The third-order valence-electron chi connectivity index (χ3n) is 3.96. The van der Waals surface area contributed by atoms with Gasteiger partial charge in [0.05, 0.1) is 6.61 Å². The summed E-state index contributed by atoms with van der Waals surface area (Å²) in [5.41, 5.74) is 1.21. The van der Waals surface area contributed by atoms with Crippen LogP contribution in [0.1, 0.15) is 39.2 Å². The van der Waals surface area contributed by atoms with E-state index in [-0.39, 0.29) is 19.2 Å². The van der Waals surface area contributed by atoms with E-state index in [1.165, 1.54) is 10.5 Å². The second-order valence-corrected chi connectivity index (χ2v) is 7.15. The van der Waals surface area contributed by atoms with Gasteiger partial charge in [0.25, 0.3) is 0 Å². The highest BCUT2D eigenvalue weighted by Gasteiger charge is 2.51. The minimum absolute atomic E-state index is 0.0779. The van der Waals surface area contributed by atoms with Crippen molar-refractivity contribution in [3.8, 4) is 0 Å². The van der Waals surface area contributed by atoms with Gasteiger partial charge < -0.3 is 4.74 Å². The number of carbonyl (C=O) groups is 2. The molecule has 2 N–H and O–H groups in total. The van der Waals surface area contributed by atoms with Gasteiger partial charge in [0, 0.05) is 19.0 Å². The van der Waals surface area contributed by atoms with Crippen molar-refractivity contribution in [1.29, 1.82) is 5.41 Å². The Bertz CT molecular complexity index is 646. The molecule has 144 valence electrons. The monoisotopic (exact) mass is 381 g/mol. The summed E-state index contributed by atoms with van der Waals surface area (Å²) in [6.45, 7) is 7.90. The third kappa shape index (κ3) is 4.76. The van der Waals surface area contributed by atoms with Gasteiger partial charge in [-0.3, -0.25) is 4.90 Å². The Labute approximate surface area is 159 Å². The molecule has 1 unspecified atom stereocenters. The molecule has 26 heavy (non-hydrogen) atoms. The zero-order chi connectivity index (χ0) is 19.9. The molecule has 0 radical (unpaired) electrons. The van der Waals surface area contributed by atoms with Gasteiger partial charge in [-0.15, -0.1) is 0 Å². The van der Waals surface area contributed by atoms with E-state index in [9.17, 15) is 9.59 Å². The number of benzene rings is 1. The lowest BCUT2D eigenvalue weighted by Crippen LogP contribution is -2.66. The molecule has 0 aliphatic heterocycles. The lowest BCUT2D eigenvalue weighted by atomic mass is 10.0. The number of ether oxygens (including phenoxy) is 1. The maximum absolute atomic E-state index is 12.9. The fraction of sp³-hybridized carbons (Fsp3) is 0.500. The highest BCUT2D eigenvalue weighted by atomic mass is 32.2. The summed E-state index contributed by atoms with van der Waals surface area (Å²) in [6, 6.07) is 6.33. The number of imide groups is 1. The van der Waals surface area contributed by atoms with Crippen LogP contribution in [0.5, 0.6) is 0 Å². The molecule has 0 bridgehead atoms. The molecule has 0 saturated heterocycles. The van der Waals surface area contributed by atoms with E-state index < -0.39 is 16.5 Å². The molecule has 1 atom stereocenters. The number of amides is 4. The van der Waals surface area contributed by atoms with E-state index in [1.54, 1.807) is 27.9 Å². The molecule has 1 aromatic rings. The first kappa shape index (κ1) is 22.0. The summed E-state index contributed by atoms with van der Waals surface area (Å²) in [5.74, 6) is 0.428. The van der Waals surface area contributed by atoms with Gasteiger partial charge in [-0.1, -0.05) is 30.5 Å². The maximum atomic E-state index is 12.9. The molecular formula is C18H29N4O3S+. The average Bonchev–Trinajstić information content (AvgIpc) is 2.61. The van der Waals surface area contributed by atoms with Crippen LogP contribution < -0.4 is 4.72 Å². The maximum Gasteiger partial charge on any atom is 0.445 e. The van der Waals surface area contributed by atoms with Crippen LogP contribution in [0, 0.1) is 5.41 Å². The molecule has 0 saturated carbocycles. The number of nitrogens with one attached hydrogen (secondary N) is 2. The number of nitrogens with zero attached hydrogens (tertiary/aromatic N) is 2. The van der Waals surface area contributed by atoms with Crippen molar-refractivity contribution in [2.24, 2.45) is 0 Å². The van der Waals surface area contributed by atoms with Gasteiger partial charge in [-0.05, 0) is 49.4 Å². The molecule has 0 aliphatic carbocycles. The molecule has 8 heteroatoms. The predicted octanol–water partition coefficient (Wildman–Crippen LogP) is 4.02. The van der Waals surface area contributed by atoms with Crippen molar-refractivity contribution in [3.63, 3.8) is 0 Å². The molecule has 1 rings (SSSR count). The van der Waals surface area contributed by atoms with Crippen LogP contribution in [0.25, 0.3) is 0 Å². The van der Waals surface area contributed by atoms with Crippen molar-refractivity contribution in [2.75, 3.05) is 27.2 Å². The molecule has 4 amide bonds. The second-order valence-electron chi connectivity index (χ2n) is 6.27. The first-order valence-electron chi connectivity index (χ1n) is 8.59. The van der Waals surface area contributed by atoms with Gasteiger partial charge >= 0.3 is 18.1 Å². The Morgan fingerprint density at radius 2 is 1.81 bits per heavy atom. The van der Waals surface area contributed by atoms with Crippen LogP contribution >= 0.6 is 11.9 Å². The van der Waals surface area contributed by atoms with Crippen LogP contribution in [-0.2, 0) is 4.74 Å². The largest absolute Gasteiger partial charge is 0.445 e. The predicted molar refractivity (Wildman–Crippen MR) is 104 cm³/mol. The molecule has 0 aliphatic rings. The molecule has 0 spiro atoms. The summed E-state index contributed by atoms with van der Waals surface area (Å²) in [7, 11) is 3.10. The lowest BCUT2D eigenvalue weighted by Gasteiger charge is -2.31. The summed E-state index contributed by atoms with van der Waals surface area (Å²) < 4.78 is 7.07. The van der Waals surface area contributed by atoms with E-state index >= 15 is 0 Å². The van der Waals surface area contributed by atoms with Crippen LogP contribution in [0.15, 0.2) is 29.2 Å². The summed E-state index contributed by atoms with van der Waals surface area (Å²) in [5, 5.41) is 8.14. The lowest BCUT2D eigenvalue weighted by molar-refractivity contribution is -0.685. The Morgan fingerprint density at radius 1 is 1.23 bits per heavy atom. The Kier molecular flexibility index (Phi) is 8.10. The van der Waals surface area contributed by atoms with E-state index in [2.05, 4.69) is 18.6 Å². The van der Waals surface area contributed by atoms with Crippen molar-refractivity contribution in [1.82, 2.24) is 9.62 Å². The van der Waals surface area contributed by atoms with E-state index in [0.717, 1.165) is 16.8 Å². The normalized spacial score (nSPS) is 13.0. The minimum atomic E-state index is -0.849. The van der Waals surface area contributed by atoms with E-state index in [1.807, 2.05) is 24.3 Å². The number of hydrogen-bond acceptors (Lipinski definition) is 5. The molecular weight excluding hydrogens is 352 g/mol. The molecule has 1 aromatic carbocycles. The van der Waals surface area contributed by atoms with Gasteiger partial charge in [0.15, 0.2) is 0 Å². The van der Waals surface area contributed by atoms with Gasteiger partial charge in [0.2, 0.25) is 0 Å². The van der Waals surface area contributed by atoms with E-state index in [0.29, 0.717) is 5.92 Å². The number of amidine groups is 1. The quantitative estimate of drug-likeness (QED) is 0.349. The standard InChI is InChI=1S/C18H28N4O3S/c1-7-22(16(19)25-8-2,18(24)21(5)6)17(23)20-26-15-11-9-14(10-12-15)13(3)4/h9-13,19H,7-8H2,1-6H3/p+1. The fourth-order valence-corrected chi connectivity index (χ4v) is 3.01.